The van der Waals surface area contributed by atoms with Crippen LogP contribution < -0.4 is 0 Å². The van der Waals surface area contributed by atoms with Crippen molar-refractivity contribution >= 4 is 5.91 Å². The Hall–Kier alpha value is -2.22. The Morgan fingerprint density at radius 1 is 1.44 bits per heavy atom. The quantitative estimate of drug-likeness (QED) is 0.781. The molecule has 16 heavy (non-hydrogen) atoms. The van der Waals surface area contributed by atoms with E-state index in [9.17, 15) is 15.0 Å². The Morgan fingerprint density at radius 3 is 2.38 bits per heavy atom. The highest BCUT2D eigenvalue weighted by atomic mass is 16.3. The van der Waals surface area contributed by atoms with E-state index in [2.05, 4.69) is 0 Å². The van der Waals surface area contributed by atoms with Crippen LogP contribution in [-0.2, 0) is 0 Å². The molecule has 1 aromatic rings. The van der Waals surface area contributed by atoms with Crippen molar-refractivity contribution < 1.29 is 15.0 Å². The largest absolute Gasteiger partial charge is 0.507 e. The van der Waals surface area contributed by atoms with E-state index in [4.69, 9.17) is 5.26 Å². The lowest BCUT2D eigenvalue weighted by Crippen LogP contribution is -2.34. The van der Waals surface area contributed by atoms with E-state index < -0.39 is 11.9 Å². The number of amides is 1. The Kier molecular flexibility index (Phi) is 3.36. The van der Waals surface area contributed by atoms with Crippen molar-refractivity contribution in [3.63, 3.8) is 0 Å². The second kappa shape index (κ2) is 4.53. The smallest absolute Gasteiger partial charge is 0.262 e. The van der Waals surface area contributed by atoms with Crippen molar-refractivity contribution in [2.24, 2.45) is 0 Å². The predicted molar refractivity (Wildman–Crippen MR) is 56.9 cm³/mol. The molecule has 5 heteroatoms. The van der Waals surface area contributed by atoms with Gasteiger partial charge in [-0.15, -0.1) is 0 Å². The molecule has 0 saturated carbocycles. The topological polar surface area (TPSA) is 84.6 Å². The molecule has 0 aliphatic rings. The molecule has 1 atom stereocenters. The van der Waals surface area contributed by atoms with Crippen molar-refractivity contribution in [1.82, 2.24) is 4.90 Å². The van der Waals surface area contributed by atoms with Gasteiger partial charge in [0.05, 0.1) is 6.07 Å². The Balaban J connectivity index is 3.11. The van der Waals surface area contributed by atoms with Gasteiger partial charge in [-0.1, -0.05) is 6.07 Å². The molecule has 1 unspecified atom stereocenters. The third-order valence-electron chi connectivity index (χ3n) is 2.32. The minimum Gasteiger partial charge on any atom is -0.507 e. The second-order valence-electron chi connectivity index (χ2n) is 3.39. The number of carbonyl (C=O) groups is 1. The van der Waals surface area contributed by atoms with Crippen LogP contribution in [0, 0.1) is 11.3 Å². The van der Waals surface area contributed by atoms with Crippen molar-refractivity contribution in [2.45, 2.75) is 13.0 Å². The third-order valence-corrected chi connectivity index (χ3v) is 2.32. The maximum atomic E-state index is 11.8. The highest BCUT2D eigenvalue weighted by molar-refractivity contribution is 5.99. The summed E-state index contributed by atoms with van der Waals surface area (Å²) in [5, 5.41) is 27.6. The molecule has 0 aliphatic heterocycles. The molecule has 0 fully saturated rings. The fraction of sp³-hybridized carbons (Fsp3) is 0.273. The van der Waals surface area contributed by atoms with E-state index in [1.807, 2.05) is 6.07 Å². The van der Waals surface area contributed by atoms with Crippen LogP contribution in [0.25, 0.3) is 0 Å². The Bertz CT molecular complexity index is 431. The van der Waals surface area contributed by atoms with E-state index in [1.165, 1.54) is 25.2 Å². The third kappa shape index (κ3) is 2.06. The van der Waals surface area contributed by atoms with Crippen LogP contribution in [0.1, 0.15) is 17.3 Å². The molecular weight excluding hydrogens is 208 g/mol. The van der Waals surface area contributed by atoms with Crippen molar-refractivity contribution in [3.05, 3.63) is 23.8 Å². The van der Waals surface area contributed by atoms with Gasteiger partial charge in [0.1, 0.15) is 23.1 Å². The fourth-order valence-electron chi connectivity index (χ4n) is 1.19. The molecule has 1 aromatic carbocycles. The lowest BCUT2D eigenvalue weighted by molar-refractivity contribution is 0.0767. The molecule has 0 aliphatic carbocycles. The minimum absolute atomic E-state index is 0.188. The number of benzene rings is 1. The van der Waals surface area contributed by atoms with Crippen molar-refractivity contribution in [1.29, 1.82) is 5.26 Å². The SMILES string of the molecule is CC(C#N)N(C)C(=O)c1c(O)cccc1O. The summed E-state index contributed by atoms with van der Waals surface area (Å²) in [6.45, 7) is 1.55. The van der Waals surface area contributed by atoms with Crippen molar-refractivity contribution in [2.75, 3.05) is 7.05 Å². The van der Waals surface area contributed by atoms with Gasteiger partial charge < -0.3 is 15.1 Å². The molecule has 0 aromatic heterocycles. The number of nitriles is 1. The van der Waals surface area contributed by atoms with E-state index in [-0.39, 0.29) is 17.1 Å². The van der Waals surface area contributed by atoms with E-state index in [0.717, 1.165) is 4.90 Å². The number of rotatable bonds is 2. The molecule has 0 spiro atoms. The van der Waals surface area contributed by atoms with Gasteiger partial charge in [0.2, 0.25) is 0 Å². The molecule has 0 radical (unpaired) electrons. The number of carbonyl (C=O) groups excluding carboxylic acids is 1. The standard InChI is InChI=1S/C11H12N2O3/c1-7(6-12)13(2)11(16)10-8(14)4-3-5-9(10)15/h3-5,7,14-15H,1-2H3. The highest BCUT2D eigenvalue weighted by Crippen LogP contribution is 2.27. The van der Waals surface area contributed by atoms with E-state index >= 15 is 0 Å². The molecule has 0 saturated heterocycles. The Morgan fingerprint density at radius 2 is 1.94 bits per heavy atom. The van der Waals surface area contributed by atoms with Gasteiger partial charge in [0.15, 0.2) is 0 Å². The average Bonchev–Trinajstić information content (AvgIpc) is 2.26. The van der Waals surface area contributed by atoms with Crippen LogP contribution in [0.3, 0.4) is 0 Å². The van der Waals surface area contributed by atoms with Crippen molar-refractivity contribution in [3.8, 4) is 17.6 Å². The van der Waals surface area contributed by atoms with Crippen LogP contribution in [0.2, 0.25) is 0 Å². The maximum absolute atomic E-state index is 11.8. The number of phenolic OH excluding ortho intramolecular Hbond substituents is 2. The van der Waals surface area contributed by atoms with E-state index in [0.29, 0.717) is 0 Å². The second-order valence-corrected chi connectivity index (χ2v) is 3.39. The van der Waals surface area contributed by atoms with Gasteiger partial charge in [0, 0.05) is 7.05 Å². The zero-order chi connectivity index (χ0) is 12.3. The van der Waals surface area contributed by atoms with Gasteiger partial charge in [-0.3, -0.25) is 4.79 Å². The summed E-state index contributed by atoms with van der Waals surface area (Å²) >= 11 is 0. The van der Waals surface area contributed by atoms with Crippen LogP contribution >= 0.6 is 0 Å². The molecule has 5 nitrogen and oxygen atoms in total. The first kappa shape index (κ1) is 11.9. The summed E-state index contributed by atoms with van der Waals surface area (Å²) in [5.41, 5.74) is -0.188. The van der Waals surface area contributed by atoms with Gasteiger partial charge in [-0.2, -0.15) is 5.26 Å². The molecule has 0 bridgehead atoms. The highest BCUT2D eigenvalue weighted by Gasteiger charge is 2.22. The Labute approximate surface area is 93.2 Å². The minimum atomic E-state index is -0.633. The fourth-order valence-corrected chi connectivity index (χ4v) is 1.19. The first-order valence-electron chi connectivity index (χ1n) is 4.66. The van der Waals surface area contributed by atoms with Crippen LogP contribution in [0.15, 0.2) is 18.2 Å². The first-order valence-corrected chi connectivity index (χ1v) is 4.66. The van der Waals surface area contributed by atoms with Crippen LogP contribution in [0.5, 0.6) is 11.5 Å². The van der Waals surface area contributed by atoms with Crippen LogP contribution in [-0.4, -0.2) is 34.1 Å². The number of hydrogen-bond acceptors (Lipinski definition) is 4. The molecule has 0 heterocycles. The number of phenols is 2. The lowest BCUT2D eigenvalue weighted by Gasteiger charge is -2.20. The number of aromatic hydroxyl groups is 2. The molecular formula is C11H12N2O3. The molecule has 1 rings (SSSR count). The van der Waals surface area contributed by atoms with Crippen LogP contribution in [0.4, 0.5) is 0 Å². The summed E-state index contributed by atoms with van der Waals surface area (Å²) < 4.78 is 0. The first-order chi connectivity index (χ1) is 7.49. The summed E-state index contributed by atoms with van der Waals surface area (Å²) in [6, 6.07) is 5.30. The van der Waals surface area contributed by atoms with Gasteiger partial charge >= 0.3 is 0 Å². The summed E-state index contributed by atoms with van der Waals surface area (Å²) in [7, 11) is 1.43. The molecule has 84 valence electrons. The average molecular weight is 220 g/mol. The predicted octanol–water partition coefficient (Wildman–Crippen LogP) is 1.08. The number of hydrogen-bond donors (Lipinski definition) is 2. The summed E-state index contributed by atoms with van der Waals surface area (Å²) in [4.78, 5) is 13.0. The lowest BCUT2D eigenvalue weighted by atomic mass is 10.1. The monoisotopic (exact) mass is 220 g/mol. The summed E-state index contributed by atoms with van der Waals surface area (Å²) in [5.74, 6) is -1.20. The van der Waals surface area contributed by atoms with E-state index in [1.54, 1.807) is 6.92 Å². The summed E-state index contributed by atoms with van der Waals surface area (Å²) in [6.07, 6.45) is 0. The normalized spacial score (nSPS) is 11.6. The van der Waals surface area contributed by atoms with Gasteiger partial charge in [-0.25, -0.2) is 0 Å². The number of nitrogens with zero attached hydrogens (tertiary/aromatic N) is 2. The van der Waals surface area contributed by atoms with Gasteiger partial charge in [-0.05, 0) is 19.1 Å². The van der Waals surface area contributed by atoms with Gasteiger partial charge in [0.25, 0.3) is 5.91 Å². The zero-order valence-corrected chi connectivity index (χ0v) is 9.01. The molecule has 1 amide bonds. The zero-order valence-electron chi connectivity index (χ0n) is 9.01. The molecule has 2 N–H and O–H groups in total. The maximum Gasteiger partial charge on any atom is 0.262 e.